The highest BCUT2D eigenvalue weighted by Gasteiger charge is 2.35. The van der Waals surface area contributed by atoms with Gasteiger partial charge in [0.15, 0.2) is 0 Å². The molecule has 0 aliphatic carbocycles. The molecule has 0 radical (unpaired) electrons. The maximum Gasteiger partial charge on any atom is 0.345 e. The summed E-state index contributed by atoms with van der Waals surface area (Å²) in [5, 5.41) is 4.40. The summed E-state index contributed by atoms with van der Waals surface area (Å²) in [6, 6.07) is 6.24. The first-order chi connectivity index (χ1) is 10.9. The monoisotopic (exact) mass is 318 g/mol. The van der Waals surface area contributed by atoms with Crippen molar-refractivity contribution in [1.82, 2.24) is 9.78 Å². The summed E-state index contributed by atoms with van der Waals surface area (Å²) in [5.41, 5.74) is 0.293. The second-order valence-corrected chi connectivity index (χ2v) is 6.06. The van der Waals surface area contributed by atoms with Crippen molar-refractivity contribution in [1.29, 1.82) is 0 Å². The highest BCUT2D eigenvalue weighted by molar-refractivity contribution is 5.99. The summed E-state index contributed by atoms with van der Waals surface area (Å²) in [6.45, 7) is 6.44. The van der Waals surface area contributed by atoms with Crippen LogP contribution >= 0.6 is 0 Å². The Morgan fingerprint density at radius 3 is 2.87 bits per heavy atom. The molecule has 3 rings (SSSR count). The van der Waals surface area contributed by atoms with Crippen LogP contribution in [0, 0.1) is 5.82 Å². The Morgan fingerprint density at radius 2 is 2.17 bits per heavy atom. The topological polar surface area (TPSA) is 53.3 Å². The number of ether oxygens (including phenoxy) is 2. The first-order valence-electron chi connectivity index (χ1n) is 7.65. The van der Waals surface area contributed by atoms with Crippen LogP contribution in [0.2, 0.25) is 0 Å². The molecule has 0 unspecified atom stereocenters. The van der Waals surface area contributed by atoms with Crippen molar-refractivity contribution in [2.45, 2.75) is 39.3 Å². The van der Waals surface area contributed by atoms with E-state index in [0.29, 0.717) is 12.4 Å². The first-order valence-corrected chi connectivity index (χ1v) is 7.65. The van der Waals surface area contributed by atoms with Crippen molar-refractivity contribution in [2.24, 2.45) is 0 Å². The minimum atomic E-state index is -0.551. The molecule has 1 aliphatic heterocycles. The van der Waals surface area contributed by atoms with Gasteiger partial charge in [0, 0.05) is 18.5 Å². The Bertz CT molecular complexity index is 752. The molecule has 2 aromatic rings. The molecule has 0 atom stereocenters. The lowest BCUT2D eigenvalue weighted by Crippen LogP contribution is -2.35. The summed E-state index contributed by atoms with van der Waals surface area (Å²) in [5.74, 6) is -0.643. The average molecular weight is 318 g/mol. The van der Waals surface area contributed by atoms with Crippen LogP contribution in [0.3, 0.4) is 0 Å². The number of halogens is 1. The van der Waals surface area contributed by atoms with Gasteiger partial charge in [-0.3, -0.25) is 0 Å². The van der Waals surface area contributed by atoms with Gasteiger partial charge in [0.1, 0.15) is 22.7 Å². The van der Waals surface area contributed by atoms with Crippen molar-refractivity contribution in [2.75, 3.05) is 6.61 Å². The fraction of sp³-hybridized carbons (Fsp3) is 0.412. The molecule has 1 aliphatic rings. The van der Waals surface area contributed by atoms with Gasteiger partial charge in [-0.1, -0.05) is 12.1 Å². The van der Waals surface area contributed by atoms with Crippen LogP contribution < -0.4 is 4.74 Å². The zero-order valence-electron chi connectivity index (χ0n) is 13.4. The fourth-order valence-corrected chi connectivity index (χ4v) is 2.62. The van der Waals surface area contributed by atoms with Crippen LogP contribution in [0.5, 0.6) is 5.88 Å². The Hall–Kier alpha value is -2.37. The summed E-state index contributed by atoms with van der Waals surface area (Å²) in [6.07, 6.45) is 0.751. The van der Waals surface area contributed by atoms with Gasteiger partial charge >= 0.3 is 5.97 Å². The predicted molar refractivity (Wildman–Crippen MR) is 82.9 cm³/mol. The largest absolute Gasteiger partial charge is 0.471 e. The molecule has 0 spiro atoms. The number of benzene rings is 1. The normalized spacial score (nSPS) is 15.7. The second-order valence-electron chi connectivity index (χ2n) is 6.06. The van der Waals surface area contributed by atoms with E-state index < -0.39 is 17.4 Å². The van der Waals surface area contributed by atoms with Crippen LogP contribution in [0.4, 0.5) is 4.39 Å². The van der Waals surface area contributed by atoms with Crippen LogP contribution in [0.25, 0.3) is 11.3 Å². The molecule has 6 heteroatoms. The Kier molecular flexibility index (Phi) is 3.83. The van der Waals surface area contributed by atoms with Gasteiger partial charge < -0.3 is 9.47 Å². The zero-order chi connectivity index (χ0) is 16.6. The number of carbonyl (C=O) groups is 1. The van der Waals surface area contributed by atoms with Crippen molar-refractivity contribution >= 4 is 5.97 Å². The molecular weight excluding hydrogens is 299 g/mol. The summed E-state index contributed by atoms with van der Waals surface area (Å²) in [4.78, 5) is 12.4. The van der Waals surface area contributed by atoms with E-state index in [0.717, 1.165) is 6.42 Å². The van der Waals surface area contributed by atoms with E-state index in [-0.39, 0.29) is 23.4 Å². The molecule has 0 saturated heterocycles. The number of rotatable bonds is 3. The molecule has 0 bridgehead atoms. The Balaban J connectivity index is 2.19. The van der Waals surface area contributed by atoms with E-state index in [9.17, 15) is 9.18 Å². The smallest absolute Gasteiger partial charge is 0.345 e. The minimum Gasteiger partial charge on any atom is -0.471 e. The molecule has 0 N–H and O–H groups in total. The molecule has 23 heavy (non-hydrogen) atoms. The minimum absolute atomic E-state index is 0.185. The van der Waals surface area contributed by atoms with Crippen molar-refractivity contribution < 1.29 is 18.7 Å². The van der Waals surface area contributed by atoms with E-state index in [1.165, 1.54) is 6.07 Å². The maximum atomic E-state index is 14.2. The second kappa shape index (κ2) is 5.68. The number of esters is 1. The lowest BCUT2D eigenvalue weighted by atomic mass is 10.0. The summed E-state index contributed by atoms with van der Waals surface area (Å²) < 4.78 is 26.9. The molecular formula is C17H19FN2O3. The van der Waals surface area contributed by atoms with Gasteiger partial charge in [-0.2, -0.15) is 5.10 Å². The van der Waals surface area contributed by atoms with Gasteiger partial charge in [0.25, 0.3) is 0 Å². The molecule has 122 valence electrons. The highest BCUT2D eigenvalue weighted by atomic mass is 19.1. The van der Waals surface area contributed by atoms with Gasteiger partial charge in [-0.15, -0.1) is 0 Å². The number of hydrogen-bond acceptors (Lipinski definition) is 4. The van der Waals surface area contributed by atoms with Gasteiger partial charge in [0.2, 0.25) is 5.88 Å². The first kappa shape index (κ1) is 15.5. The van der Waals surface area contributed by atoms with Gasteiger partial charge in [-0.25, -0.2) is 13.9 Å². The van der Waals surface area contributed by atoms with E-state index in [1.807, 2.05) is 13.8 Å². The van der Waals surface area contributed by atoms with E-state index >= 15 is 0 Å². The summed E-state index contributed by atoms with van der Waals surface area (Å²) >= 11 is 0. The predicted octanol–water partition coefficient (Wildman–Crippen LogP) is 3.43. The van der Waals surface area contributed by atoms with Crippen molar-refractivity contribution in [3.8, 4) is 17.1 Å². The van der Waals surface area contributed by atoms with Crippen LogP contribution in [-0.4, -0.2) is 28.0 Å². The van der Waals surface area contributed by atoms with E-state index in [1.54, 1.807) is 29.8 Å². The van der Waals surface area contributed by atoms with Crippen molar-refractivity contribution in [3.05, 3.63) is 35.6 Å². The number of aromatic nitrogens is 2. The van der Waals surface area contributed by atoms with Crippen molar-refractivity contribution in [3.63, 3.8) is 0 Å². The van der Waals surface area contributed by atoms with Gasteiger partial charge in [0.05, 0.1) is 6.61 Å². The SMILES string of the molecule is CCOC(=O)c1c(-c2ccccc2F)nn2c1OC(C)(C)CC2. The molecule has 1 aromatic heterocycles. The lowest BCUT2D eigenvalue weighted by Gasteiger charge is -2.31. The number of aryl methyl sites for hydroxylation is 1. The third kappa shape index (κ3) is 2.81. The molecule has 1 aromatic carbocycles. The van der Waals surface area contributed by atoms with Gasteiger partial charge in [-0.05, 0) is 32.9 Å². The number of hydrogen-bond donors (Lipinski definition) is 0. The fourth-order valence-electron chi connectivity index (χ4n) is 2.62. The quantitative estimate of drug-likeness (QED) is 0.814. The summed E-state index contributed by atoms with van der Waals surface area (Å²) in [7, 11) is 0. The standard InChI is InChI=1S/C17H19FN2O3/c1-4-22-16(21)13-14(11-7-5-6-8-12(11)18)19-20-10-9-17(2,3)23-15(13)20/h5-8H,4,9-10H2,1-3H3. The number of carbonyl (C=O) groups excluding carboxylic acids is 1. The molecule has 2 heterocycles. The Labute approximate surface area is 134 Å². The van der Waals surface area contributed by atoms with Crippen LogP contribution in [0.1, 0.15) is 37.6 Å². The molecule has 0 amide bonds. The number of fused-ring (bicyclic) bond motifs is 1. The molecule has 0 fully saturated rings. The highest BCUT2D eigenvalue weighted by Crippen LogP contribution is 2.37. The third-order valence-corrected chi connectivity index (χ3v) is 3.81. The molecule has 0 saturated carbocycles. The number of nitrogens with zero attached hydrogens (tertiary/aromatic N) is 2. The average Bonchev–Trinajstić information content (AvgIpc) is 2.85. The van der Waals surface area contributed by atoms with E-state index in [4.69, 9.17) is 9.47 Å². The maximum absolute atomic E-state index is 14.2. The van der Waals surface area contributed by atoms with Crippen LogP contribution in [-0.2, 0) is 11.3 Å². The lowest BCUT2D eigenvalue weighted by molar-refractivity contribution is 0.0426. The molecule has 5 nitrogen and oxygen atoms in total. The Morgan fingerprint density at radius 1 is 1.43 bits per heavy atom. The zero-order valence-corrected chi connectivity index (χ0v) is 13.4. The third-order valence-electron chi connectivity index (χ3n) is 3.81. The van der Waals surface area contributed by atoms with E-state index in [2.05, 4.69) is 5.10 Å². The van der Waals surface area contributed by atoms with Crippen LogP contribution in [0.15, 0.2) is 24.3 Å².